The SMILES string of the molecule is COc1cc(N2CCC(N3CCC(OC)C(F)C3)CC2)c(-c2cnn(C)c2)cc1Nc1ncc(Br)c(Nc2ccc3nccnc3c2P(C)C)n1. The van der Waals surface area contributed by atoms with Crippen molar-refractivity contribution in [3.8, 4) is 16.9 Å². The van der Waals surface area contributed by atoms with Gasteiger partial charge in [0.2, 0.25) is 5.95 Å². The first-order valence-electron chi connectivity index (χ1n) is 17.1. The Bertz CT molecular complexity index is 2010. The van der Waals surface area contributed by atoms with Gasteiger partial charge in [0.05, 0.1) is 40.6 Å². The molecule has 15 heteroatoms. The number of nitrogens with zero attached hydrogens (tertiary/aromatic N) is 8. The number of anilines is 5. The van der Waals surface area contributed by atoms with Gasteiger partial charge in [-0.05, 0) is 66.7 Å². The van der Waals surface area contributed by atoms with Gasteiger partial charge in [-0.2, -0.15) is 10.1 Å². The third kappa shape index (κ3) is 7.51. The van der Waals surface area contributed by atoms with E-state index >= 15 is 0 Å². The fourth-order valence-electron chi connectivity index (χ4n) is 7.20. The average molecular weight is 778 g/mol. The van der Waals surface area contributed by atoms with Gasteiger partial charge in [-0.3, -0.25) is 19.5 Å². The van der Waals surface area contributed by atoms with Crippen LogP contribution in [-0.4, -0.2) is 107 Å². The predicted octanol–water partition coefficient (Wildman–Crippen LogP) is 6.47. The molecular weight excluding hydrogens is 734 g/mol. The van der Waals surface area contributed by atoms with Gasteiger partial charge in [-0.1, -0.05) is 7.92 Å². The molecule has 51 heavy (non-hydrogen) atoms. The molecule has 268 valence electrons. The third-order valence-corrected chi connectivity index (χ3v) is 11.7. The minimum Gasteiger partial charge on any atom is -0.494 e. The summed E-state index contributed by atoms with van der Waals surface area (Å²) in [7, 11) is 4.68. The van der Waals surface area contributed by atoms with E-state index in [1.165, 1.54) is 0 Å². The number of aromatic nitrogens is 6. The fraction of sp³-hybridized carbons (Fsp3) is 0.417. The summed E-state index contributed by atoms with van der Waals surface area (Å²) in [5, 5.41) is 12.6. The van der Waals surface area contributed by atoms with E-state index in [9.17, 15) is 4.39 Å². The van der Waals surface area contributed by atoms with E-state index in [1.54, 1.807) is 37.5 Å². The summed E-state index contributed by atoms with van der Waals surface area (Å²) >= 11 is 3.64. The van der Waals surface area contributed by atoms with E-state index in [0.29, 0.717) is 30.1 Å². The number of ether oxygens (including phenoxy) is 2. The fourth-order valence-corrected chi connectivity index (χ4v) is 8.70. The molecule has 0 aliphatic carbocycles. The molecule has 2 N–H and O–H groups in total. The predicted molar refractivity (Wildman–Crippen MR) is 207 cm³/mol. The monoisotopic (exact) mass is 776 g/mol. The van der Waals surface area contributed by atoms with Gasteiger partial charge in [0.1, 0.15) is 17.7 Å². The number of hydrogen-bond acceptors (Lipinski definition) is 11. The van der Waals surface area contributed by atoms with Crippen molar-refractivity contribution in [1.82, 2.24) is 34.6 Å². The molecule has 0 amide bonds. The van der Waals surface area contributed by atoms with Crippen LogP contribution < -0.4 is 25.6 Å². The van der Waals surface area contributed by atoms with Crippen LogP contribution >= 0.6 is 23.9 Å². The van der Waals surface area contributed by atoms with Crippen molar-refractivity contribution >= 4 is 69.0 Å². The summed E-state index contributed by atoms with van der Waals surface area (Å²) < 4.78 is 28.6. The summed E-state index contributed by atoms with van der Waals surface area (Å²) in [6, 6.07) is 8.51. The van der Waals surface area contributed by atoms with Gasteiger partial charge >= 0.3 is 0 Å². The Balaban J connectivity index is 1.16. The minimum absolute atomic E-state index is 0.299. The van der Waals surface area contributed by atoms with Gasteiger partial charge in [-0.15, -0.1) is 0 Å². The highest BCUT2D eigenvalue weighted by Gasteiger charge is 2.34. The number of aryl methyl sites for hydroxylation is 1. The Morgan fingerprint density at radius 1 is 0.961 bits per heavy atom. The van der Waals surface area contributed by atoms with E-state index in [-0.39, 0.29) is 6.10 Å². The number of fused-ring (bicyclic) bond motifs is 1. The molecule has 5 heterocycles. The highest BCUT2D eigenvalue weighted by atomic mass is 79.9. The maximum absolute atomic E-state index is 14.7. The third-order valence-electron chi connectivity index (χ3n) is 9.78. The van der Waals surface area contributed by atoms with Gasteiger partial charge in [0, 0.05) is 105 Å². The molecule has 0 bridgehead atoms. The molecule has 7 rings (SSSR count). The first kappa shape index (κ1) is 35.4. The second-order valence-corrected chi connectivity index (χ2v) is 16.3. The first-order valence-corrected chi connectivity index (χ1v) is 20.1. The van der Waals surface area contributed by atoms with E-state index in [2.05, 4.69) is 81.9 Å². The first-order chi connectivity index (χ1) is 24.7. The summed E-state index contributed by atoms with van der Waals surface area (Å²) in [4.78, 5) is 23.3. The number of alkyl halides is 1. The molecule has 3 aromatic heterocycles. The van der Waals surface area contributed by atoms with Gasteiger partial charge < -0.3 is 25.0 Å². The standard InChI is InChI=1S/C36H43BrFN10O2P/c1-46-20-22(18-42-46)24-16-29(32(50-3)17-30(24)47-13-8-23(9-14-47)48-15-10-31(49-2)26(38)21-48)44-36-41-19-25(37)35(45-36)43-28-7-6-27-33(34(28)51(4)5)40-12-11-39-27/h6-7,11-12,16-20,23,26,31H,8-10,13-15,21H2,1-5H3,(H2,41,43,44,45). The lowest BCUT2D eigenvalue weighted by Gasteiger charge is -2.43. The van der Waals surface area contributed by atoms with Gasteiger partial charge in [0.15, 0.2) is 0 Å². The summed E-state index contributed by atoms with van der Waals surface area (Å²) in [5.41, 5.74) is 6.48. The van der Waals surface area contributed by atoms with E-state index in [0.717, 1.165) is 87.9 Å². The summed E-state index contributed by atoms with van der Waals surface area (Å²) in [5.74, 6) is 1.69. The molecule has 2 aromatic carbocycles. The van der Waals surface area contributed by atoms with Crippen LogP contribution in [0.5, 0.6) is 5.75 Å². The van der Waals surface area contributed by atoms with Crippen molar-refractivity contribution in [2.45, 2.75) is 37.6 Å². The number of rotatable bonds is 10. The highest BCUT2D eigenvalue weighted by molar-refractivity contribution is 9.10. The zero-order chi connectivity index (χ0) is 35.6. The molecule has 2 aliphatic heterocycles. The number of methoxy groups -OCH3 is 2. The Labute approximate surface area is 307 Å². The van der Waals surface area contributed by atoms with Crippen molar-refractivity contribution in [1.29, 1.82) is 0 Å². The Kier molecular flexibility index (Phi) is 10.7. The van der Waals surface area contributed by atoms with Crippen molar-refractivity contribution in [2.24, 2.45) is 7.05 Å². The van der Waals surface area contributed by atoms with Crippen molar-refractivity contribution in [3.63, 3.8) is 0 Å². The van der Waals surface area contributed by atoms with Crippen molar-refractivity contribution < 1.29 is 13.9 Å². The van der Waals surface area contributed by atoms with E-state index in [1.807, 2.05) is 31.6 Å². The molecular formula is C36H43BrFN10O2P. The maximum Gasteiger partial charge on any atom is 0.229 e. The van der Waals surface area contributed by atoms with Crippen LogP contribution in [0.3, 0.4) is 0 Å². The molecule has 12 nitrogen and oxygen atoms in total. The van der Waals surface area contributed by atoms with E-state index in [4.69, 9.17) is 14.5 Å². The second-order valence-electron chi connectivity index (χ2n) is 13.2. The zero-order valence-electron chi connectivity index (χ0n) is 29.5. The molecule has 2 aliphatic rings. The number of benzene rings is 2. The molecule has 5 aromatic rings. The minimum atomic E-state index is -0.948. The normalized spacial score (nSPS) is 18.8. The van der Waals surface area contributed by atoms with Crippen LogP contribution in [0.4, 0.5) is 33.2 Å². The highest BCUT2D eigenvalue weighted by Crippen LogP contribution is 2.42. The quantitative estimate of drug-likeness (QED) is 0.152. The molecule has 0 radical (unpaired) electrons. The molecule has 2 unspecified atom stereocenters. The van der Waals surface area contributed by atoms with E-state index < -0.39 is 14.1 Å². The Morgan fingerprint density at radius 2 is 1.76 bits per heavy atom. The Hall–Kier alpha value is -3.97. The van der Waals surface area contributed by atoms with Crippen molar-refractivity contribution in [3.05, 3.63) is 59.7 Å². The topological polar surface area (TPSA) is 118 Å². The van der Waals surface area contributed by atoms with Crippen LogP contribution in [0.25, 0.3) is 22.2 Å². The number of hydrogen-bond donors (Lipinski definition) is 2. The maximum atomic E-state index is 14.7. The lowest BCUT2D eigenvalue weighted by molar-refractivity contribution is -0.0353. The largest absolute Gasteiger partial charge is 0.494 e. The number of halogens is 2. The molecule has 0 saturated carbocycles. The van der Waals surface area contributed by atoms with Crippen LogP contribution in [0.1, 0.15) is 19.3 Å². The smallest absolute Gasteiger partial charge is 0.229 e. The molecule has 2 fully saturated rings. The van der Waals surface area contributed by atoms with Gasteiger partial charge in [0.25, 0.3) is 0 Å². The van der Waals surface area contributed by atoms with Gasteiger partial charge in [-0.25, -0.2) is 9.37 Å². The lowest BCUT2D eigenvalue weighted by atomic mass is 9.96. The summed E-state index contributed by atoms with van der Waals surface area (Å²) in [6.07, 6.45) is 10.4. The average Bonchev–Trinajstić information content (AvgIpc) is 3.58. The van der Waals surface area contributed by atoms with Crippen LogP contribution in [0.15, 0.2) is 59.7 Å². The Morgan fingerprint density at radius 3 is 2.47 bits per heavy atom. The molecule has 2 atom stereocenters. The second kappa shape index (κ2) is 15.3. The van der Waals surface area contributed by atoms with Crippen LogP contribution in [0.2, 0.25) is 0 Å². The zero-order valence-corrected chi connectivity index (χ0v) is 32.0. The summed E-state index contributed by atoms with van der Waals surface area (Å²) in [6.45, 7) is 7.40. The van der Waals surface area contributed by atoms with Crippen LogP contribution in [-0.2, 0) is 11.8 Å². The lowest BCUT2D eigenvalue weighted by Crippen LogP contribution is -2.52. The van der Waals surface area contributed by atoms with Crippen LogP contribution in [0, 0.1) is 0 Å². The number of piperidine rings is 2. The number of likely N-dealkylation sites (tertiary alicyclic amines) is 1. The molecule has 2 saturated heterocycles. The molecule has 0 spiro atoms. The van der Waals surface area contributed by atoms with Crippen molar-refractivity contribution in [2.75, 3.05) is 69.3 Å². The number of nitrogens with one attached hydrogen (secondary N) is 2.